The van der Waals surface area contributed by atoms with Crippen LogP contribution < -0.4 is 9.62 Å². The number of nitrogens with one attached hydrogen (secondary N) is 1. The lowest BCUT2D eigenvalue weighted by atomic mass is 10.1. The highest BCUT2D eigenvalue weighted by atomic mass is 32.2. The highest BCUT2D eigenvalue weighted by Crippen LogP contribution is 2.28. The zero-order chi connectivity index (χ0) is 20.2. The van der Waals surface area contributed by atoms with E-state index >= 15 is 0 Å². The minimum Gasteiger partial charge on any atom is -0.355 e. The molecule has 1 aromatic heterocycles. The van der Waals surface area contributed by atoms with Gasteiger partial charge in [-0.2, -0.15) is 0 Å². The molecule has 1 amide bonds. The molecule has 0 aliphatic heterocycles. The van der Waals surface area contributed by atoms with Gasteiger partial charge in [-0.15, -0.1) is 0 Å². The molecule has 27 heavy (non-hydrogen) atoms. The van der Waals surface area contributed by atoms with Crippen molar-refractivity contribution in [2.45, 2.75) is 26.8 Å². The summed E-state index contributed by atoms with van der Waals surface area (Å²) in [6, 6.07) is 5.98. The van der Waals surface area contributed by atoms with Gasteiger partial charge in [-0.25, -0.2) is 22.5 Å². The third kappa shape index (κ3) is 5.58. The van der Waals surface area contributed by atoms with Crippen molar-refractivity contribution in [1.82, 2.24) is 14.7 Å². The molecule has 0 bridgehead atoms. The molecule has 2 aromatic rings. The van der Waals surface area contributed by atoms with Crippen LogP contribution in [0, 0.1) is 5.82 Å². The summed E-state index contributed by atoms with van der Waals surface area (Å²) < 4.78 is 38.6. The van der Waals surface area contributed by atoms with Crippen molar-refractivity contribution < 1.29 is 17.6 Å². The number of rotatable bonds is 6. The van der Waals surface area contributed by atoms with Crippen molar-refractivity contribution in [3.63, 3.8) is 0 Å². The summed E-state index contributed by atoms with van der Waals surface area (Å²) in [7, 11) is -2.06. The van der Waals surface area contributed by atoms with Crippen molar-refractivity contribution in [3.8, 4) is 11.3 Å². The Bertz CT molecular complexity index is 957. The number of anilines is 1. The first-order valence-electron chi connectivity index (χ1n) is 8.16. The maximum Gasteiger partial charge on any atom is 0.257 e. The fourth-order valence-corrected chi connectivity index (χ4v) is 2.96. The minimum absolute atomic E-state index is 0.0980. The van der Waals surface area contributed by atoms with Gasteiger partial charge in [-0.1, -0.05) is 0 Å². The van der Waals surface area contributed by atoms with Gasteiger partial charge in [0, 0.05) is 25.6 Å². The quantitative estimate of drug-likeness (QED) is 0.812. The number of hydrogen-bond acceptors (Lipinski definition) is 6. The number of sulfonamides is 1. The number of amides is 1. The molecule has 0 spiro atoms. The van der Waals surface area contributed by atoms with E-state index in [2.05, 4.69) is 9.97 Å². The Labute approximate surface area is 158 Å². The van der Waals surface area contributed by atoms with Gasteiger partial charge in [0.25, 0.3) is 10.0 Å². The van der Waals surface area contributed by atoms with Gasteiger partial charge < -0.3 is 4.90 Å². The first-order valence-corrected chi connectivity index (χ1v) is 9.71. The molecule has 0 saturated carbocycles. The molecule has 0 aliphatic carbocycles. The summed E-state index contributed by atoms with van der Waals surface area (Å²) in [4.78, 5) is 21.7. The lowest BCUT2D eigenvalue weighted by Crippen LogP contribution is -2.27. The van der Waals surface area contributed by atoms with Crippen LogP contribution in [0.15, 0.2) is 35.9 Å². The number of aromatic nitrogens is 2. The van der Waals surface area contributed by atoms with Gasteiger partial charge in [0.2, 0.25) is 5.91 Å². The highest BCUT2D eigenvalue weighted by molar-refractivity contribution is 7.93. The average molecular weight is 392 g/mol. The van der Waals surface area contributed by atoms with E-state index in [-0.39, 0.29) is 11.9 Å². The predicted molar refractivity (Wildman–Crippen MR) is 103 cm³/mol. The first-order chi connectivity index (χ1) is 12.6. The van der Waals surface area contributed by atoms with E-state index in [4.69, 9.17) is 0 Å². The minimum atomic E-state index is -3.90. The Morgan fingerprint density at radius 3 is 2.44 bits per heavy atom. The van der Waals surface area contributed by atoms with Crippen molar-refractivity contribution in [3.05, 3.63) is 47.4 Å². The molecule has 144 valence electrons. The number of carbonyl (C=O) groups excluding carboxylic acids is 1. The molecular formula is C18H21FN4O3S. The normalized spacial score (nSPS) is 11.8. The molecule has 1 aromatic carbocycles. The van der Waals surface area contributed by atoms with E-state index in [0.717, 1.165) is 12.3 Å². The van der Waals surface area contributed by atoms with Crippen LogP contribution in [0.5, 0.6) is 0 Å². The smallest absolute Gasteiger partial charge is 0.257 e. The number of carbonyl (C=O) groups is 1. The second kappa shape index (κ2) is 8.26. The Kier molecular flexibility index (Phi) is 6.27. The number of halogens is 1. The third-order valence-electron chi connectivity index (χ3n) is 3.70. The second-order valence-electron chi connectivity index (χ2n) is 6.18. The van der Waals surface area contributed by atoms with Crippen molar-refractivity contribution >= 4 is 27.8 Å². The third-order valence-corrected chi connectivity index (χ3v) is 4.77. The molecule has 2 rings (SSSR count). The SMILES string of the molecule is CC(=O)NS(=O)(=O)/C=C/c1cnc(-c2ccc(F)cc2)c(N(C)C(C)C)n1. The molecule has 1 heterocycles. The standard InChI is InChI=1S/C18H21FN4O3S/c1-12(2)23(4)18-17(14-5-7-15(19)8-6-14)20-11-16(21-18)9-10-27(25,26)22-13(3)24/h5-12H,1-4H3,(H,22,24)/b10-9+. The first kappa shape index (κ1) is 20.5. The lowest BCUT2D eigenvalue weighted by molar-refractivity contribution is -0.117. The Morgan fingerprint density at radius 2 is 1.89 bits per heavy atom. The lowest BCUT2D eigenvalue weighted by Gasteiger charge is -2.24. The maximum atomic E-state index is 13.2. The summed E-state index contributed by atoms with van der Waals surface area (Å²) in [6.45, 7) is 5.05. The molecule has 1 N–H and O–H groups in total. The van der Waals surface area contributed by atoms with E-state index in [1.54, 1.807) is 12.1 Å². The zero-order valence-electron chi connectivity index (χ0n) is 15.5. The van der Waals surface area contributed by atoms with Crippen molar-refractivity contribution in [2.24, 2.45) is 0 Å². The average Bonchev–Trinajstić information content (AvgIpc) is 2.59. The molecule has 0 aliphatic rings. The largest absolute Gasteiger partial charge is 0.355 e. The molecular weight excluding hydrogens is 371 g/mol. The van der Waals surface area contributed by atoms with E-state index < -0.39 is 15.9 Å². The fourth-order valence-electron chi connectivity index (χ4n) is 2.17. The summed E-state index contributed by atoms with van der Waals surface area (Å²) in [5.74, 6) is -0.512. The monoisotopic (exact) mass is 392 g/mol. The van der Waals surface area contributed by atoms with E-state index in [9.17, 15) is 17.6 Å². The topological polar surface area (TPSA) is 92.3 Å². The van der Waals surface area contributed by atoms with Crippen molar-refractivity contribution in [2.75, 3.05) is 11.9 Å². The van der Waals surface area contributed by atoms with E-state index in [1.807, 2.05) is 30.5 Å². The second-order valence-corrected chi connectivity index (χ2v) is 7.75. The van der Waals surface area contributed by atoms with Crippen LogP contribution in [0.25, 0.3) is 17.3 Å². The fraction of sp³-hybridized carbons (Fsp3) is 0.278. The number of benzene rings is 1. The molecule has 0 fully saturated rings. The van der Waals surface area contributed by atoms with Gasteiger partial charge >= 0.3 is 0 Å². The van der Waals surface area contributed by atoms with E-state index in [1.165, 1.54) is 24.4 Å². The molecule has 0 unspecified atom stereocenters. The van der Waals surface area contributed by atoms with Gasteiger partial charge in [0.05, 0.1) is 17.3 Å². The molecule has 0 atom stereocenters. The van der Waals surface area contributed by atoms with Crippen LogP contribution in [0.2, 0.25) is 0 Å². The van der Waals surface area contributed by atoms with Crippen molar-refractivity contribution in [1.29, 1.82) is 0 Å². The van der Waals surface area contributed by atoms with Crippen LogP contribution in [-0.2, 0) is 14.8 Å². The predicted octanol–water partition coefficient (Wildman–Crippen LogP) is 2.56. The molecule has 9 heteroatoms. The highest BCUT2D eigenvalue weighted by Gasteiger charge is 2.16. The summed E-state index contributed by atoms with van der Waals surface area (Å²) in [5, 5.41) is 0.856. The van der Waals surface area contributed by atoms with Gasteiger partial charge in [0.1, 0.15) is 11.5 Å². The van der Waals surface area contributed by atoms with Crippen LogP contribution >= 0.6 is 0 Å². The van der Waals surface area contributed by atoms with Crippen LogP contribution in [-0.4, -0.2) is 37.4 Å². The Morgan fingerprint density at radius 1 is 1.26 bits per heavy atom. The summed E-state index contributed by atoms with van der Waals surface area (Å²) in [6.07, 6.45) is 2.67. The van der Waals surface area contributed by atoms with Gasteiger partial charge in [0.15, 0.2) is 5.82 Å². The Hall–Kier alpha value is -2.81. The number of nitrogens with zero attached hydrogens (tertiary/aromatic N) is 3. The Balaban J connectivity index is 2.47. The van der Waals surface area contributed by atoms with Gasteiger partial charge in [-0.05, 0) is 44.2 Å². The molecule has 0 saturated heterocycles. The van der Waals surface area contributed by atoms with Crippen LogP contribution in [0.4, 0.5) is 10.2 Å². The van der Waals surface area contributed by atoms with Gasteiger partial charge in [-0.3, -0.25) is 9.78 Å². The molecule has 0 radical (unpaired) electrons. The van der Waals surface area contributed by atoms with Crippen LogP contribution in [0.3, 0.4) is 0 Å². The summed E-state index contributed by atoms with van der Waals surface area (Å²) >= 11 is 0. The zero-order valence-corrected chi connectivity index (χ0v) is 16.3. The number of hydrogen-bond donors (Lipinski definition) is 1. The summed E-state index contributed by atoms with van der Waals surface area (Å²) in [5.41, 5.74) is 1.54. The van der Waals surface area contributed by atoms with Crippen LogP contribution in [0.1, 0.15) is 26.5 Å². The van der Waals surface area contributed by atoms with E-state index in [0.29, 0.717) is 22.8 Å². The maximum absolute atomic E-state index is 13.2. The molecule has 7 nitrogen and oxygen atoms in total.